The number of pyridine rings is 1. The van der Waals surface area contributed by atoms with Crippen LogP contribution in [0.5, 0.6) is 0 Å². The minimum absolute atomic E-state index is 0.626. The summed E-state index contributed by atoms with van der Waals surface area (Å²) >= 11 is 0. The molecule has 0 spiro atoms. The summed E-state index contributed by atoms with van der Waals surface area (Å²) in [5.74, 6) is 0.626. The predicted molar refractivity (Wildman–Crippen MR) is 86.6 cm³/mol. The molecule has 0 saturated heterocycles. The molecule has 0 radical (unpaired) electrons. The SMILES string of the molecule is CC(C)=Cc1cccc(CC(C)Cc2cccnc2)c1. The number of benzene rings is 1. The van der Waals surface area contributed by atoms with Crippen molar-refractivity contribution >= 4 is 6.08 Å². The van der Waals surface area contributed by atoms with Crippen LogP contribution in [0, 0.1) is 5.92 Å². The van der Waals surface area contributed by atoms with E-state index in [-0.39, 0.29) is 0 Å². The summed E-state index contributed by atoms with van der Waals surface area (Å²) in [4.78, 5) is 4.18. The molecule has 1 atom stereocenters. The first-order valence-corrected chi connectivity index (χ1v) is 7.26. The molecule has 1 unspecified atom stereocenters. The number of hydrogen-bond acceptors (Lipinski definition) is 1. The average molecular weight is 265 g/mol. The molecule has 0 amide bonds. The molecule has 1 aromatic carbocycles. The molecule has 1 heterocycles. The minimum atomic E-state index is 0.626. The second kappa shape index (κ2) is 7.04. The Hall–Kier alpha value is -1.89. The Balaban J connectivity index is 2.01. The third-order valence-corrected chi connectivity index (χ3v) is 3.30. The second-order valence-electron chi connectivity index (χ2n) is 5.84. The zero-order valence-electron chi connectivity index (χ0n) is 12.6. The second-order valence-corrected chi connectivity index (χ2v) is 5.84. The Morgan fingerprint density at radius 3 is 2.55 bits per heavy atom. The van der Waals surface area contributed by atoms with Crippen molar-refractivity contribution in [2.24, 2.45) is 5.92 Å². The van der Waals surface area contributed by atoms with Crippen LogP contribution in [0.25, 0.3) is 6.08 Å². The molecule has 20 heavy (non-hydrogen) atoms. The Bertz CT molecular complexity index is 565. The summed E-state index contributed by atoms with van der Waals surface area (Å²) in [6, 6.07) is 13.0. The van der Waals surface area contributed by atoms with Crippen molar-refractivity contribution in [3.8, 4) is 0 Å². The highest BCUT2D eigenvalue weighted by Gasteiger charge is 2.05. The molecule has 0 saturated carbocycles. The van der Waals surface area contributed by atoms with Crippen LogP contribution in [0.3, 0.4) is 0 Å². The quantitative estimate of drug-likeness (QED) is 0.747. The van der Waals surface area contributed by atoms with Crippen molar-refractivity contribution in [1.82, 2.24) is 4.98 Å². The van der Waals surface area contributed by atoms with Gasteiger partial charge in [-0.05, 0) is 55.4 Å². The lowest BCUT2D eigenvalue weighted by atomic mass is 9.94. The molecular formula is C19H23N. The lowest BCUT2D eigenvalue weighted by molar-refractivity contribution is 0.576. The van der Waals surface area contributed by atoms with Crippen LogP contribution < -0.4 is 0 Å². The number of hydrogen-bond donors (Lipinski definition) is 0. The van der Waals surface area contributed by atoms with E-state index in [1.54, 1.807) is 0 Å². The molecule has 0 aliphatic heterocycles. The lowest BCUT2D eigenvalue weighted by Crippen LogP contribution is -2.04. The van der Waals surface area contributed by atoms with E-state index in [2.05, 4.69) is 62.2 Å². The first kappa shape index (κ1) is 14.5. The fourth-order valence-corrected chi connectivity index (χ4v) is 2.54. The molecule has 104 valence electrons. The number of allylic oxidation sites excluding steroid dienone is 1. The number of rotatable bonds is 5. The van der Waals surface area contributed by atoms with E-state index in [1.165, 1.54) is 22.3 Å². The van der Waals surface area contributed by atoms with Gasteiger partial charge in [0.05, 0.1) is 0 Å². The van der Waals surface area contributed by atoms with Gasteiger partial charge in [-0.25, -0.2) is 0 Å². The third-order valence-electron chi connectivity index (χ3n) is 3.30. The van der Waals surface area contributed by atoms with Crippen LogP contribution >= 0.6 is 0 Å². The van der Waals surface area contributed by atoms with E-state index in [4.69, 9.17) is 0 Å². The number of aromatic nitrogens is 1. The van der Waals surface area contributed by atoms with Gasteiger partial charge in [-0.2, -0.15) is 0 Å². The maximum absolute atomic E-state index is 4.18. The highest BCUT2D eigenvalue weighted by Crippen LogP contribution is 2.16. The highest BCUT2D eigenvalue weighted by molar-refractivity contribution is 5.52. The first-order valence-electron chi connectivity index (χ1n) is 7.26. The Morgan fingerprint density at radius 1 is 1.10 bits per heavy atom. The normalized spacial score (nSPS) is 11.9. The summed E-state index contributed by atoms with van der Waals surface area (Å²) in [7, 11) is 0. The smallest absolute Gasteiger partial charge is 0.0299 e. The molecule has 0 aliphatic carbocycles. The van der Waals surface area contributed by atoms with Crippen LogP contribution in [0.1, 0.15) is 37.5 Å². The van der Waals surface area contributed by atoms with Crippen LogP contribution in [0.15, 0.2) is 54.4 Å². The van der Waals surface area contributed by atoms with E-state index in [0.717, 1.165) is 12.8 Å². The van der Waals surface area contributed by atoms with Crippen LogP contribution in [-0.4, -0.2) is 4.98 Å². The summed E-state index contributed by atoms with van der Waals surface area (Å²) in [5.41, 5.74) is 5.37. The molecule has 2 rings (SSSR count). The van der Waals surface area contributed by atoms with Gasteiger partial charge in [0.1, 0.15) is 0 Å². The van der Waals surface area contributed by atoms with Gasteiger partial charge in [-0.15, -0.1) is 0 Å². The Kier molecular flexibility index (Phi) is 5.11. The fourth-order valence-electron chi connectivity index (χ4n) is 2.54. The topological polar surface area (TPSA) is 12.9 Å². The lowest BCUT2D eigenvalue weighted by Gasteiger charge is -2.12. The van der Waals surface area contributed by atoms with Gasteiger partial charge in [0.25, 0.3) is 0 Å². The van der Waals surface area contributed by atoms with Gasteiger partial charge in [0, 0.05) is 12.4 Å². The van der Waals surface area contributed by atoms with Gasteiger partial charge in [-0.1, -0.05) is 48.9 Å². The van der Waals surface area contributed by atoms with Crippen molar-refractivity contribution in [3.63, 3.8) is 0 Å². The van der Waals surface area contributed by atoms with E-state index in [1.807, 2.05) is 18.5 Å². The summed E-state index contributed by atoms with van der Waals surface area (Å²) in [6.45, 7) is 6.58. The molecular weight excluding hydrogens is 242 g/mol. The average Bonchev–Trinajstić information content (AvgIpc) is 2.39. The standard InChI is InChI=1S/C19H23N/c1-15(2)10-17-6-4-7-18(13-17)11-16(3)12-19-8-5-9-20-14-19/h4-10,13-14,16H,11-12H2,1-3H3. The van der Waals surface area contributed by atoms with E-state index in [0.29, 0.717) is 5.92 Å². The van der Waals surface area contributed by atoms with Crippen molar-refractivity contribution in [2.75, 3.05) is 0 Å². The molecule has 2 aromatic rings. The Labute approximate surface area is 122 Å². The summed E-state index contributed by atoms with van der Waals surface area (Å²) in [6.07, 6.45) is 8.22. The molecule has 0 aliphatic rings. The fraction of sp³-hybridized carbons (Fsp3) is 0.316. The largest absolute Gasteiger partial charge is 0.264 e. The summed E-state index contributed by atoms with van der Waals surface area (Å²) < 4.78 is 0. The van der Waals surface area contributed by atoms with Crippen LogP contribution in [-0.2, 0) is 12.8 Å². The van der Waals surface area contributed by atoms with Crippen molar-refractivity contribution < 1.29 is 0 Å². The van der Waals surface area contributed by atoms with Gasteiger partial charge < -0.3 is 0 Å². The molecule has 0 N–H and O–H groups in total. The number of nitrogens with zero attached hydrogens (tertiary/aromatic N) is 1. The van der Waals surface area contributed by atoms with Crippen molar-refractivity contribution in [3.05, 3.63) is 71.1 Å². The predicted octanol–water partition coefficient (Wildman–Crippen LogP) is 4.93. The van der Waals surface area contributed by atoms with Gasteiger partial charge in [0.15, 0.2) is 0 Å². The maximum atomic E-state index is 4.18. The van der Waals surface area contributed by atoms with E-state index in [9.17, 15) is 0 Å². The van der Waals surface area contributed by atoms with Gasteiger partial charge in [0.2, 0.25) is 0 Å². The maximum Gasteiger partial charge on any atom is 0.0299 e. The molecule has 1 aromatic heterocycles. The van der Waals surface area contributed by atoms with Gasteiger partial charge in [-0.3, -0.25) is 4.98 Å². The van der Waals surface area contributed by atoms with Gasteiger partial charge >= 0.3 is 0 Å². The monoisotopic (exact) mass is 265 g/mol. The van der Waals surface area contributed by atoms with Crippen molar-refractivity contribution in [2.45, 2.75) is 33.6 Å². The first-order chi connectivity index (χ1) is 9.63. The third kappa shape index (κ3) is 4.65. The van der Waals surface area contributed by atoms with Crippen molar-refractivity contribution in [1.29, 1.82) is 0 Å². The minimum Gasteiger partial charge on any atom is -0.264 e. The zero-order chi connectivity index (χ0) is 14.4. The van der Waals surface area contributed by atoms with Crippen LogP contribution in [0.4, 0.5) is 0 Å². The summed E-state index contributed by atoms with van der Waals surface area (Å²) in [5, 5.41) is 0. The molecule has 1 heteroatoms. The van der Waals surface area contributed by atoms with E-state index < -0.39 is 0 Å². The van der Waals surface area contributed by atoms with Crippen LogP contribution in [0.2, 0.25) is 0 Å². The molecule has 0 fully saturated rings. The molecule has 1 nitrogen and oxygen atoms in total. The molecule has 0 bridgehead atoms. The Morgan fingerprint density at radius 2 is 1.85 bits per heavy atom. The zero-order valence-corrected chi connectivity index (χ0v) is 12.6. The van der Waals surface area contributed by atoms with E-state index >= 15 is 0 Å². The highest BCUT2D eigenvalue weighted by atomic mass is 14.6.